The molecule has 0 amide bonds. The average Bonchev–Trinajstić information content (AvgIpc) is 2.91. The van der Waals surface area contributed by atoms with Crippen molar-refractivity contribution < 1.29 is 19.1 Å². The van der Waals surface area contributed by atoms with Crippen molar-refractivity contribution in [2.75, 3.05) is 13.2 Å². The lowest BCUT2D eigenvalue weighted by Gasteiger charge is -2.49. The zero-order valence-electron chi connectivity index (χ0n) is 26.4. The highest BCUT2D eigenvalue weighted by Gasteiger charge is 2.48. The number of carbonyl (C=O) groups excluding carboxylic acids is 2. The second-order valence-corrected chi connectivity index (χ2v) is 14.0. The molecule has 0 bridgehead atoms. The third-order valence-electron chi connectivity index (χ3n) is 8.82. The Morgan fingerprint density at radius 3 is 2.05 bits per heavy atom. The number of rotatable bonds is 9. The fourth-order valence-corrected chi connectivity index (χ4v) is 7.30. The predicted molar refractivity (Wildman–Crippen MR) is 173 cm³/mol. The van der Waals surface area contributed by atoms with Gasteiger partial charge >= 0.3 is 0 Å². The molecule has 0 N–H and O–H groups in total. The summed E-state index contributed by atoms with van der Waals surface area (Å²) in [6.07, 6.45) is 4.88. The Morgan fingerprint density at radius 1 is 0.907 bits per heavy atom. The maximum absolute atomic E-state index is 14.1. The first-order valence-electron chi connectivity index (χ1n) is 15.5. The molecule has 6 heteroatoms. The zero-order chi connectivity index (χ0) is 31.1. The maximum Gasteiger partial charge on any atom is 0.165 e. The van der Waals surface area contributed by atoms with Crippen LogP contribution in [-0.2, 0) is 22.6 Å². The van der Waals surface area contributed by atoms with Gasteiger partial charge in [-0.05, 0) is 61.6 Å². The molecule has 5 nitrogen and oxygen atoms in total. The van der Waals surface area contributed by atoms with Crippen molar-refractivity contribution in [3.63, 3.8) is 0 Å². The molecule has 5 rings (SSSR count). The van der Waals surface area contributed by atoms with Gasteiger partial charge in [0.15, 0.2) is 23.1 Å². The molecule has 0 saturated heterocycles. The smallest absolute Gasteiger partial charge is 0.165 e. The van der Waals surface area contributed by atoms with Crippen molar-refractivity contribution >= 4 is 23.2 Å². The minimum absolute atomic E-state index is 0.126. The third-order valence-corrected chi connectivity index (χ3v) is 9.19. The van der Waals surface area contributed by atoms with Crippen LogP contribution in [0.2, 0.25) is 5.02 Å². The van der Waals surface area contributed by atoms with Gasteiger partial charge in [-0.3, -0.25) is 9.59 Å². The lowest BCUT2D eigenvalue weighted by molar-refractivity contribution is -0.119. The van der Waals surface area contributed by atoms with Crippen molar-refractivity contribution in [2.45, 2.75) is 86.2 Å². The van der Waals surface area contributed by atoms with Gasteiger partial charge in [-0.25, -0.2) is 0 Å². The van der Waals surface area contributed by atoms with Gasteiger partial charge < -0.3 is 14.4 Å². The van der Waals surface area contributed by atoms with Crippen LogP contribution >= 0.6 is 11.6 Å². The third kappa shape index (κ3) is 6.06. The van der Waals surface area contributed by atoms with Crippen LogP contribution in [0.4, 0.5) is 0 Å². The summed E-state index contributed by atoms with van der Waals surface area (Å²) in [5.41, 5.74) is 6.04. The molecular formula is C37H44ClNO4. The number of ether oxygens (including phenoxy) is 2. The zero-order valence-corrected chi connectivity index (χ0v) is 27.2. The molecule has 228 valence electrons. The van der Waals surface area contributed by atoms with Crippen molar-refractivity contribution in [3.05, 3.63) is 93.3 Å². The van der Waals surface area contributed by atoms with E-state index in [1.165, 1.54) is 0 Å². The molecule has 0 saturated carbocycles. The summed E-state index contributed by atoms with van der Waals surface area (Å²) in [4.78, 5) is 30.4. The van der Waals surface area contributed by atoms with Crippen LogP contribution in [-0.4, -0.2) is 29.6 Å². The highest BCUT2D eigenvalue weighted by atomic mass is 35.5. The van der Waals surface area contributed by atoms with Crippen molar-refractivity contribution in [1.29, 1.82) is 0 Å². The fraction of sp³-hybridized carbons (Fsp3) is 0.459. The molecule has 43 heavy (non-hydrogen) atoms. The molecule has 2 aromatic carbocycles. The minimum Gasteiger partial charge on any atom is -0.490 e. The van der Waals surface area contributed by atoms with Crippen LogP contribution in [0.5, 0.6) is 11.5 Å². The number of hydrogen-bond donors (Lipinski definition) is 0. The van der Waals surface area contributed by atoms with E-state index in [0.29, 0.717) is 42.4 Å². The van der Waals surface area contributed by atoms with Gasteiger partial charge in [0, 0.05) is 64.0 Å². The number of nitrogens with zero attached hydrogens (tertiary/aromatic N) is 1. The molecule has 0 aromatic heterocycles. The van der Waals surface area contributed by atoms with Gasteiger partial charge in [0.1, 0.15) is 6.61 Å². The van der Waals surface area contributed by atoms with Crippen LogP contribution in [0.15, 0.2) is 71.6 Å². The molecule has 0 fully saturated rings. The second kappa shape index (κ2) is 12.0. The van der Waals surface area contributed by atoms with E-state index in [1.807, 2.05) is 43.3 Å². The molecule has 1 aliphatic heterocycles. The first-order valence-corrected chi connectivity index (χ1v) is 15.8. The van der Waals surface area contributed by atoms with Crippen molar-refractivity contribution in [3.8, 4) is 11.5 Å². The minimum atomic E-state index is -0.444. The molecule has 0 radical (unpaired) electrons. The van der Waals surface area contributed by atoms with Gasteiger partial charge in [-0.1, -0.05) is 69.6 Å². The Balaban J connectivity index is 1.71. The number of benzene rings is 2. The van der Waals surface area contributed by atoms with E-state index in [2.05, 4.69) is 52.2 Å². The van der Waals surface area contributed by atoms with Crippen LogP contribution in [0, 0.1) is 10.8 Å². The second-order valence-electron chi connectivity index (χ2n) is 13.6. The average molecular weight is 602 g/mol. The quantitative estimate of drug-likeness (QED) is 0.269. The molecule has 2 aromatic rings. The van der Waals surface area contributed by atoms with Gasteiger partial charge in [-0.15, -0.1) is 6.58 Å². The first kappa shape index (κ1) is 31.1. The monoisotopic (exact) mass is 601 g/mol. The van der Waals surface area contributed by atoms with E-state index in [-0.39, 0.29) is 29.0 Å². The Morgan fingerprint density at radius 2 is 1.51 bits per heavy atom. The van der Waals surface area contributed by atoms with Crippen LogP contribution in [0.25, 0.3) is 0 Å². The molecule has 0 atom stereocenters. The number of Topliss-reactive ketones (excluding diaryl/α,β-unsaturated/α-hetero) is 2. The van der Waals surface area contributed by atoms with Gasteiger partial charge in [0.25, 0.3) is 0 Å². The summed E-state index contributed by atoms with van der Waals surface area (Å²) >= 11 is 6.43. The lowest BCUT2D eigenvalue weighted by atomic mass is 9.63. The molecule has 2 aliphatic carbocycles. The van der Waals surface area contributed by atoms with Crippen molar-refractivity contribution in [2.24, 2.45) is 10.8 Å². The highest BCUT2D eigenvalue weighted by Crippen LogP contribution is 2.55. The summed E-state index contributed by atoms with van der Waals surface area (Å²) < 4.78 is 12.6. The Labute approximate surface area is 261 Å². The molecule has 3 aliphatic rings. The maximum atomic E-state index is 14.1. The predicted octanol–water partition coefficient (Wildman–Crippen LogP) is 8.75. The first-order chi connectivity index (χ1) is 20.4. The Bertz CT molecular complexity index is 1480. The number of hydrogen-bond acceptors (Lipinski definition) is 5. The highest BCUT2D eigenvalue weighted by molar-refractivity contribution is 6.31. The van der Waals surface area contributed by atoms with E-state index in [9.17, 15) is 9.59 Å². The van der Waals surface area contributed by atoms with Gasteiger partial charge in [0.05, 0.1) is 6.61 Å². The largest absolute Gasteiger partial charge is 0.490 e. The topological polar surface area (TPSA) is 55.8 Å². The van der Waals surface area contributed by atoms with Crippen molar-refractivity contribution in [1.82, 2.24) is 4.90 Å². The molecule has 0 unspecified atom stereocenters. The standard InChI is InChI=1S/C37H44ClNO4/c1-8-13-23-16-25(17-31(42-10-3)35(23)43-22-24-14-11-12-15-26(24)38)32-33-27(18-36(4,5)20-29(33)40)39(9-2)28-19-37(6,7)21-30(41)34(28)32/h8,11-12,14-17,32H,1,9-10,13,18-22H2,2-7H3. The van der Waals surface area contributed by atoms with Crippen LogP contribution in [0.3, 0.4) is 0 Å². The SMILES string of the molecule is C=CCc1cc(C2C3=C(CC(C)(C)CC3=O)N(CC)C3=C2C(=O)CC(C)(C)C3)cc(OCC)c1OCc1ccccc1Cl. The van der Waals surface area contributed by atoms with Gasteiger partial charge in [0.2, 0.25) is 0 Å². The van der Waals surface area contributed by atoms with E-state index in [1.54, 1.807) is 0 Å². The Kier molecular flexibility index (Phi) is 8.68. The summed E-state index contributed by atoms with van der Waals surface area (Å²) in [7, 11) is 0. The summed E-state index contributed by atoms with van der Waals surface area (Å²) in [5, 5.41) is 0.640. The van der Waals surface area contributed by atoms with Gasteiger partial charge in [-0.2, -0.15) is 0 Å². The van der Waals surface area contributed by atoms with E-state index < -0.39 is 5.92 Å². The molecular weight excluding hydrogens is 558 g/mol. The fourth-order valence-electron chi connectivity index (χ4n) is 7.11. The number of halogens is 1. The van der Waals surface area contributed by atoms with Crippen LogP contribution < -0.4 is 9.47 Å². The lowest BCUT2D eigenvalue weighted by Crippen LogP contribution is -2.44. The summed E-state index contributed by atoms with van der Waals surface area (Å²) in [5.74, 6) is 1.04. The molecule has 1 heterocycles. The molecule has 0 spiro atoms. The summed E-state index contributed by atoms with van der Waals surface area (Å²) in [6.45, 7) is 18.2. The van der Waals surface area contributed by atoms with E-state index in [0.717, 1.165) is 58.6 Å². The number of carbonyl (C=O) groups is 2. The number of allylic oxidation sites excluding steroid dienone is 5. The Hall–Kier alpha value is -3.31. The normalized spacial score (nSPS) is 19.7. The van der Waals surface area contributed by atoms with Crippen LogP contribution in [0.1, 0.15) is 89.8 Å². The summed E-state index contributed by atoms with van der Waals surface area (Å²) in [6, 6.07) is 11.7. The van der Waals surface area contributed by atoms with E-state index in [4.69, 9.17) is 21.1 Å². The van der Waals surface area contributed by atoms with E-state index >= 15 is 0 Å². The number of ketones is 2.